The maximum absolute atomic E-state index is 9.90. The molecule has 23 heavy (non-hydrogen) atoms. The minimum absolute atomic E-state index is 0.0860. The summed E-state index contributed by atoms with van der Waals surface area (Å²) in [5.74, 6) is 0.623. The van der Waals surface area contributed by atoms with E-state index < -0.39 is 18.4 Å². The zero-order valence-electron chi connectivity index (χ0n) is 12.0. The summed E-state index contributed by atoms with van der Waals surface area (Å²) in [6.45, 7) is -0.251. The fourth-order valence-corrected chi connectivity index (χ4v) is 2.78. The number of aromatic nitrogens is 4. The molecule has 3 aromatic rings. The molecule has 1 fully saturated rings. The number of nitrogen functional groups attached to an aromatic ring is 1. The van der Waals surface area contributed by atoms with E-state index in [1.807, 2.05) is 0 Å². The Morgan fingerprint density at radius 1 is 1.39 bits per heavy atom. The quantitative estimate of drug-likeness (QED) is 0.628. The average Bonchev–Trinajstić information content (AvgIpc) is 3.24. The number of furan rings is 1. The molecule has 9 nitrogen and oxygen atoms in total. The molecule has 4 heterocycles. The molecular weight excluding hydrogens is 302 g/mol. The Morgan fingerprint density at radius 3 is 2.96 bits per heavy atom. The topological polar surface area (TPSA) is 132 Å². The molecule has 120 valence electrons. The summed E-state index contributed by atoms with van der Waals surface area (Å²) >= 11 is 0. The number of fused-ring (bicyclic) bond motifs is 1. The zero-order chi connectivity index (χ0) is 16.0. The van der Waals surface area contributed by atoms with Gasteiger partial charge in [-0.25, -0.2) is 9.97 Å². The number of hydrogen-bond donors (Lipinski definition) is 3. The Bertz CT molecular complexity index is 831. The van der Waals surface area contributed by atoms with E-state index in [9.17, 15) is 10.2 Å². The van der Waals surface area contributed by atoms with Crippen LogP contribution in [0.3, 0.4) is 0 Å². The number of nitrogens with zero attached hydrogens (tertiary/aromatic N) is 4. The SMILES string of the molecule is Nc1nc(-c2ccco2)c2ncn([C@H]3C[C@H](O)[C@@H](CO)O3)c2n1. The molecule has 0 bridgehead atoms. The molecule has 1 aliphatic heterocycles. The summed E-state index contributed by atoms with van der Waals surface area (Å²) in [5.41, 5.74) is 7.31. The predicted molar refractivity (Wildman–Crippen MR) is 79.1 cm³/mol. The van der Waals surface area contributed by atoms with Crippen molar-refractivity contribution in [1.29, 1.82) is 0 Å². The molecule has 4 rings (SSSR count). The predicted octanol–water partition coefficient (Wildman–Crippen LogP) is 0.309. The van der Waals surface area contributed by atoms with E-state index in [0.29, 0.717) is 29.0 Å². The number of aliphatic hydroxyl groups excluding tert-OH is 2. The van der Waals surface area contributed by atoms with Crippen LogP contribution in [0.4, 0.5) is 5.95 Å². The van der Waals surface area contributed by atoms with Gasteiger partial charge >= 0.3 is 0 Å². The van der Waals surface area contributed by atoms with Crippen LogP contribution >= 0.6 is 0 Å². The first-order chi connectivity index (χ1) is 11.2. The molecule has 3 atom stereocenters. The Hall–Kier alpha value is -2.49. The van der Waals surface area contributed by atoms with Gasteiger partial charge in [-0.1, -0.05) is 0 Å². The largest absolute Gasteiger partial charge is 0.463 e. The first-order valence-corrected chi connectivity index (χ1v) is 7.15. The molecule has 0 amide bonds. The van der Waals surface area contributed by atoms with Crippen molar-refractivity contribution in [3.63, 3.8) is 0 Å². The lowest BCUT2D eigenvalue weighted by atomic mass is 10.2. The van der Waals surface area contributed by atoms with Crippen molar-refractivity contribution in [3.05, 3.63) is 24.7 Å². The number of imidazole rings is 1. The van der Waals surface area contributed by atoms with Gasteiger partial charge in [0.25, 0.3) is 0 Å². The monoisotopic (exact) mass is 317 g/mol. The van der Waals surface area contributed by atoms with Gasteiger partial charge in [0, 0.05) is 6.42 Å². The Morgan fingerprint density at radius 2 is 2.26 bits per heavy atom. The van der Waals surface area contributed by atoms with Crippen LogP contribution in [0.2, 0.25) is 0 Å². The number of nitrogens with two attached hydrogens (primary N) is 1. The Kier molecular flexibility index (Phi) is 3.26. The molecule has 0 spiro atoms. The van der Waals surface area contributed by atoms with Gasteiger partial charge in [-0.3, -0.25) is 4.57 Å². The maximum atomic E-state index is 9.90. The second-order valence-corrected chi connectivity index (χ2v) is 5.35. The number of aliphatic hydroxyl groups is 2. The van der Waals surface area contributed by atoms with Crippen LogP contribution in [-0.4, -0.2) is 48.5 Å². The standard InChI is InChI=1S/C14H15N5O4/c15-14-17-11(8-2-1-3-22-8)12-13(18-14)19(6-16-12)10-4-7(21)9(5-20)23-10/h1-3,6-7,9-10,20-21H,4-5H2,(H2,15,17,18)/t7-,9+,10+/m0/s1. The fourth-order valence-electron chi connectivity index (χ4n) is 2.78. The van der Waals surface area contributed by atoms with Crippen LogP contribution < -0.4 is 5.73 Å². The average molecular weight is 317 g/mol. The van der Waals surface area contributed by atoms with Gasteiger partial charge in [0.05, 0.1) is 25.3 Å². The Labute approximate surface area is 130 Å². The van der Waals surface area contributed by atoms with Crippen molar-refractivity contribution >= 4 is 17.1 Å². The lowest BCUT2D eigenvalue weighted by Gasteiger charge is -2.13. The summed E-state index contributed by atoms with van der Waals surface area (Å²) in [5, 5.41) is 19.1. The van der Waals surface area contributed by atoms with E-state index in [1.165, 1.54) is 0 Å². The highest BCUT2D eigenvalue weighted by Gasteiger charge is 2.35. The summed E-state index contributed by atoms with van der Waals surface area (Å²) < 4.78 is 12.7. The zero-order valence-corrected chi connectivity index (χ0v) is 12.0. The highest BCUT2D eigenvalue weighted by molar-refractivity contribution is 5.86. The molecule has 1 aliphatic rings. The van der Waals surface area contributed by atoms with E-state index in [2.05, 4.69) is 15.0 Å². The Balaban J connectivity index is 1.81. The third-order valence-electron chi connectivity index (χ3n) is 3.89. The molecule has 0 radical (unpaired) electrons. The van der Waals surface area contributed by atoms with E-state index >= 15 is 0 Å². The van der Waals surface area contributed by atoms with Crippen LogP contribution in [0.15, 0.2) is 29.1 Å². The van der Waals surface area contributed by atoms with Crippen LogP contribution in [-0.2, 0) is 4.74 Å². The summed E-state index contributed by atoms with van der Waals surface area (Å²) in [7, 11) is 0. The maximum Gasteiger partial charge on any atom is 0.222 e. The number of ether oxygens (including phenoxy) is 1. The van der Waals surface area contributed by atoms with Gasteiger partial charge in [0.15, 0.2) is 11.4 Å². The van der Waals surface area contributed by atoms with E-state index in [4.69, 9.17) is 14.9 Å². The molecule has 3 aromatic heterocycles. The number of hydrogen-bond acceptors (Lipinski definition) is 8. The van der Waals surface area contributed by atoms with Gasteiger partial charge in [0.2, 0.25) is 5.95 Å². The smallest absolute Gasteiger partial charge is 0.222 e. The van der Waals surface area contributed by atoms with Crippen molar-refractivity contribution < 1.29 is 19.4 Å². The molecule has 0 unspecified atom stereocenters. The first-order valence-electron chi connectivity index (χ1n) is 7.15. The van der Waals surface area contributed by atoms with E-state index in [0.717, 1.165) is 0 Å². The summed E-state index contributed by atoms with van der Waals surface area (Å²) in [6, 6.07) is 3.51. The third-order valence-corrected chi connectivity index (χ3v) is 3.89. The van der Waals surface area contributed by atoms with Crippen LogP contribution in [0.5, 0.6) is 0 Å². The molecule has 0 saturated carbocycles. The molecule has 1 saturated heterocycles. The minimum Gasteiger partial charge on any atom is -0.463 e. The van der Waals surface area contributed by atoms with Crippen LogP contribution in [0, 0.1) is 0 Å². The van der Waals surface area contributed by atoms with Gasteiger partial charge in [0.1, 0.15) is 23.5 Å². The highest BCUT2D eigenvalue weighted by atomic mass is 16.5. The number of rotatable bonds is 3. The van der Waals surface area contributed by atoms with Crippen LogP contribution in [0.1, 0.15) is 12.6 Å². The molecular formula is C14H15N5O4. The molecule has 4 N–H and O–H groups in total. The van der Waals surface area contributed by atoms with Gasteiger partial charge in [-0.15, -0.1) is 0 Å². The first kappa shape index (κ1) is 14.1. The van der Waals surface area contributed by atoms with E-state index in [1.54, 1.807) is 29.3 Å². The van der Waals surface area contributed by atoms with Crippen molar-refractivity contribution in [2.24, 2.45) is 0 Å². The summed E-state index contributed by atoms with van der Waals surface area (Å²) in [6.07, 6.45) is 1.58. The lowest BCUT2D eigenvalue weighted by molar-refractivity contribution is -0.0432. The lowest BCUT2D eigenvalue weighted by Crippen LogP contribution is -2.24. The second kappa shape index (κ2) is 5.30. The number of anilines is 1. The molecule has 9 heteroatoms. The van der Waals surface area contributed by atoms with Gasteiger partial charge in [-0.2, -0.15) is 4.98 Å². The van der Waals surface area contributed by atoms with Gasteiger partial charge < -0.3 is 25.1 Å². The highest BCUT2D eigenvalue weighted by Crippen LogP contribution is 2.33. The minimum atomic E-state index is -0.744. The van der Waals surface area contributed by atoms with Crippen molar-refractivity contribution in [2.45, 2.75) is 24.9 Å². The normalized spacial score (nSPS) is 24.5. The van der Waals surface area contributed by atoms with Gasteiger partial charge in [-0.05, 0) is 12.1 Å². The molecule has 0 aliphatic carbocycles. The van der Waals surface area contributed by atoms with E-state index in [-0.39, 0.29) is 12.6 Å². The van der Waals surface area contributed by atoms with Crippen molar-refractivity contribution in [3.8, 4) is 11.5 Å². The molecule has 0 aromatic carbocycles. The third kappa shape index (κ3) is 2.25. The van der Waals surface area contributed by atoms with Crippen molar-refractivity contribution in [1.82, 2.24) is 19.5 Å². The van der Waals surface area contributed by atoms with Crippen molar-refractivity contribution in [2.75, 3.05) is 12.3 Å². The second-order valence-electron chi connectivity index (χ2n) is 5.35. The van der Waals surface area contributed by atoms with Crippen LogP contribution in [0.25, 0.3) is 22.6 Å². The fraction of sp³-hybridized carbons (Fsp3) is 0.357. The summed E-state index contributed by atoms with van der Waals surface area (Å²) in [4.78, 5) is 12.8.